The smallest absolute Gasteiger partial charge is 0.0714 e. The number of benzene rings is 11. The van der Waals surface area contributed by atoms with Crippen molar-refractivity contribution < 1.29 is 0 Å². The molecule has 2 aliphatic carbocycles. The normalized spacial score (nSPS) is 13.8. The third-order valence-electron chi connectivity index (χ3n) is 14.9. The number of hydrogen-bond acceptors (Lipinski definition) is 1. The maximum atomic E-state index is 2.53. The summed E-state index contributed by atoms with van der Waals surface area (Å²) in [5, 5.41) is 4.93. The van der Waals surface area contributed by atoms with Crippen molar-refractivity contribution in [3.05, 3.63) is 282 Å². The molecule has 0 fully saturated rings. The van der Waals surface area contributed by atoms with Gasteiger partial charge in [-0.05, 0) is 148 Å². The number of anilines is 3. The van der Waals surface area contributed by atoms with E-state index in [2.05, 4.69) is 267 Å². The van der Waals surface area contributed by atoms with Crippen LogP contribution in [0.25, 0.3) is 66.1 Å². The highest BCUT2D eigenvalue weighted by molar-refractivity contribution is 6.15. The molecule has 1 nitrogen and oxygen atoms in total. The molecule has 316 valence electrons. The van der Waals surface area contributed by atoms with E-state index >= 15 is 0 Å². The van der Waals surface area contributed by atoms with Gasteiger partial charge in [-0.1, -0.05) is 214 Å². The molecule has 11 aromatic carbocycles. The molecule has 2 aliphatic rings. The second-order valence-electron chi connectivity index (χ2n) is 18.8. The zero-order chi connectivity index (χ0) is 44.7. The van der Waals surface area contributed by atoms with Crippen molar-refractivity contribution in [2.75, 3.05) is 4.90 Å². The Morgan fingerprint density at radius 2 is 0.806 bits per heavy atom. The number of hydrogen-bond donors (Lipinski definition) is 0. The lowest BCUT2D eigenvalue weighted by molar-refractivity contribution is 0.660. The molecule has 67 heavy (non-hydrogen) atoms. The van der Waals surface area contributed by atoms with Crippen LogP contribution in [0.4, 0.5) is 17.1 Å². The van der Waals surface area contributed by atoms with Crippen LogP contribution in [0.15, 0.2) is 249 Å². The molecule has 0 spiro atoms. The third kappa shape index (κ3) is 5.94. The van der Waals surface area contributed by atoms with Gasteiger partial charge in [0.2, 0.25) is 0 Å². The lowest BCUT2D eigenvalue weighted by atomic mass is 9.67. The highest BCUT2D eigenvalue weighted by Gasteiger charge is 2.46. The predicted molar refractivity (Wildman–Crippen MR) is 282 cm³/mol. The van der Waals surface area contributed by atoms with Crippen LogP contribution >= 0.6 is 0 Å². The molecule has 11 aromatic rings. The van der Waals surface area contributed by atoms with Gasteiger partial charge in [-0.25, -0.2) is 0 Å². The summed E-state index contributed by atoms with van der Waals surface area (Å²) < 4.78 is 0. The lowest BCUT2D eigenvalue weighted by Gasteiger charge is -2.36. The van der Waals surface area contributed by atoms with Gasteiger partial charge in [-0.3, -0.25) is 0 Å². The maximum absolute atomic E-state index is 2.53. The Bertz CT molecular complexity index is 3670. The number of rotatable bonds is 7. The van der Waals surface area contributed by atoms with Gasteiger partial charge in [0.15, 0.2) is 0 Å². The topological polar surface area (TPSA) is 3.24 Å². The SMILES string of the molecule is CC1(C)c2ccccc2-c2ccc(N(c3cc(-c4ccccc4)cc(C4(c5ccccc5)c5ccccc5-c5ccccc54)c3)c3ccc4cc(-c5ccccc5)c5ccccc5c4c3)cc21. The molecule has 1 heteroatoms. The molecule has 0 atom stereocenters. The van der Waals surface area contributed by atoms with E-state index in [1.54, 1.807) is 0 Å². The Hall–Kier alpha value is -8.26. The van der Waals surface area contributed by atoms with Gasteiger partial charge in [0, 0.05) is 22.5 Å². The minimum absolute atomic E-state index is 0.174. The Kier molecular flexibility index (Phi) is 8.85. The summed E-state index contributed by atoms with van der Waals surface area (Å²) in [7, 11) is 0. The molecule has 0 bridgehead atoms. The Labute approximate surface area is 392 Å². The number of nitrogens with zero attached hydrogens (tertiary/aromatic N) is 1. The zero-order valence-electron chi connectivity index (χ0n) is 37.6. The maximum Gasteiger partial charge on any atom is 0.0714 e. The van der Waals surface area contributed by atoms with Crippen molar-refractivity contribution in [2.24, 2.45) is 0 Å². The molecule has 0 saturated heterocycles. The first-order valence-electron chi connectivity index (χ1n) is 23.5. The summed E-state index contributed by atoms with van der Waals surface area (Å²) in [5.41, 5.74) is 20.4. The van der Waals surface area contributed by atoms with Gasteiger partial charge >= 0.3 is 0 Å². The predicted octanol–water partition coefficient (Wildman–Crippen LogP) is 17.5. The van der Waals surface area contributed by atoms with Crippen molar-refractivity contribution in [2.45, 2.75) is 24.7 Å². The highest BCUT2D eigenvalue weighted by Crippen LogP contribution is 2.58. The molecule has 0 aromatic heterocycles. The van der Waals surface area contributed by atoms with E-state index in [0.717, 1.165) is 17.1 Å². The summed E-state index contributed by atoms with van der Waals surface area (Å²) in [4.78, 5) is 2.53. The standard InChI is InChI=1S/C66H47N/c1-65(2)61-31-17-14-28-55(61)58-37-36-51(43-64(58)65)67(50-35-34-46-40-59(45-22-8-4-9-23-45)53-26-12-13-27-54(53)60(46)42-50)52-39-47(44-20-6-3-7-21-44)38-49(41-52)66(48-24-10-5-11-25-48)62-32-18-15-29-56(62)57-30-16-19-33-63(57)66/h3-43H,1-2H3. The van der Waals surface area contributed by atoms with Gasteiger partial charge in [-0.2, -0.15) is 0 Å². The van der Waals surface area contributed by atoms with E-state index in [9.17, 15) is 0 Å². The first kappa shape index (κ1) is 39.1. The van der Waals surface area contributed by atoms with Crippen molar-refractivity contribution in [3.8, 4) is 44.5 Å². The quantitative estimate of drug-likeness (QED) is 0.144. The molecule has 0 heterocycles. The first-order valence-corrected chi connectivity index (χ1v) is 23.5. The molecule has 0 saturated carbocycles. The van der Waals surface area contributed by atoms with Gasteiger partial charge in [0.25, 0.3) is 0 Å². The van der Waals surface area contributed by atoms with Crippen LogP contribution in [0.2, 0.25) is 0 Å². The molecule has 0 aliphatic heterocycles. The van der Waals surface area contributed by atoms with Gasteiger partial charge in [-0.15, -0.1) is 0 Å². The average molecular weight is 854 g/mol. The van der Waals surface area contributed by atoms with Gasteiger partial charge in [0.05, 0.1) is 5.41 Å². The van der Waals surface area contributed by atoms with Crippen molar-refractivity contribution >= 4 is 38.6 Å². The van der Waals surface area contributed by atoms with E-state index in [0.29, 0.717) is 0 Å². The largest absolute Gasteiger partial charge is 0.310 e. The van der Waals surface area contributed by atoms with Crippen molar-refractivity contribution in [1.29, 1.82) is 0 Å². The van der Waals surface area contributed by atoms with E-state index in [1.165, 1.54) is 99.4 Å². The van der Waals surface area contributed by atoms with Crippen LogP contribution in [0, 0.1) is 0 Å². The molecule has 0 radical (unpaired) electrons. The fourth-order valence-corrected chi connectivity index (χ4v) is 11.8. The van der Waals surface area contributed by atoms with Crippen LogP contribution in [0.1, 0.15) is 47.2 Å². The minimum Gasteiger partial charge on any atom is -0.310 e. The molecule has 13 rings (SSSR count). The fourth-order valence-electron chi connectivity index (χ4n) is 11.8. The van der Waals surface area contributed by atoms with Crippen molar-refractivity contribution in [1.82, 2.24) is 0 Å². The lowest BCUT2D eigenvalue weighted by Crippen LogP contribution is -2.29. The molecular formula is C66H47N. The average Bonchev–Trinajstić information content (AvgIpc) is 3.82. The summed E-state index contributed by atoms with van der Waals surface area (Å²) in [6, 6.07) is 92.9. The summed E-state index contributed by atoms with van der Waals surface area (Å²) in [5.74, 6) is 0. The van der Waals surface area contributed by atoms with E-state index in [1.807, 2.05) is 0 Å². The molecule has 0 N–H and O–H groups in total. The van der Waals surface area contributed by atoms with Crippen LogP contribution in [0.3, 0.4) is 0 Å². The zero-order valence-corrected chi connectivity index (χ0v) is 37.6. The molecule has 0 amide bonds. The van der Waals surface area contributed by atoms with Crippen LogP contribution in [-0.4, -0.2) is 0 Å². The monoisotopic (exact) mass is 853 g/mol. The Balaban J connectivity index is 1.12. The molecule has 0 unspecified atom stereocenters. The Morgan fingerprint density at radius 1 is 0.284 bits per heavy atom. The molecular weight excluding hydrogens is 807 g/mol. The number of fused-ring (bicyclic) bond motifs is 9. The first-order chi connectivity index (χ1) is 33.0. The highest BCUT2D eigenvalue weighted by atomic mass is 15.1. The summed E-state index contributed by atoms with van der Waals surface area (Å²) in [6.07, 6.45) is 0. The van der Waals surface area contributed by atoms with Gasteiger partial charge < -0.3 is 4.90 Å². The fraction of sp³-hybridized carbons (Fsp3) is 0.0606. The van der Waals surface area contributed by atoms with E-state index in [-0.39, 0.29) is 5.41 Å². The van der Waals surface area contributed by atoms with E-state index in [4.69, 9.17) is 0 Å². The minimum atomic E-state index is -0.589. The second kappa shape index (κ2) is 15.2. The summed E-state index contributed by atoms with van der Waals surface area (Å²) in [6.45, 7) is 4.76. The van der Waals surface area contributed by atoms with Crippen LogP contribution in [-0.2, 0) is 10.8 Å². The van der Waals surface area contributed by atoms with Crippen molar-refractivity contribution in [3.63, 3.8) is 0 Å². The Morgan fingerprint density at radius 3 is 1.49 bits per heavy atom. The third-order valence-corrected chi connectivity index (χ3v) is 14.9. The summed E-state index contributed by atoms with van der Waals surface area (Å²) >= 11 is 0. The van der Waals surface area contributed by atoms with E-state index < -0.39 is 5.41 Å². The van der Waals surface area contributed by atoms with Crippen LogP contribution < -0.4 is 4.90 Å². The van der Waals surface area contributed by atoms with Gasteiger partial charge in [0.1, 0.15) is 0 Å². The van der Waals surface area contributed by atoms with Crippen LogP contribution in [0.5, 0.6) is 0 Å². The second-order valence-corrected chi connectivity index (χ2v) is 18.8.